The van der Waals surface area contributed by atoms with Gasteiger partial charge < -0.3 is 80.3 Å². The Morgan fingerprint density at radius 3 is 1.57 bits per heavy atom. The van der Waals surface area contributed by atoms with E-state index in [1.54, 1.807) is 0 Å². The highest BCUT2D eigenvalue weighted by atomic mass is 16.7. The Balaban J connectivity index is 1.85. The second-order valence-corrected chi connectivity index (χ2v) is 9.81. The van der Waals surface area contributed by atoms with Crippen molar-refractivity contribution in [2.75, 3.05) is 19.8 Å². The number of hydrogen-bond donors (Lipinski definition) is 11. The van der Waals surface area contributed by atoms with Gasteiger partial charge in [-0.2, -0.15) is 0 Å². The van der Waals surface area contributed by atoms with Crippen LogP contribution in [-0.4, -0.2) is 170 Å². The maximum atomic E-state index is 12.0. The second-order valence-electron chi connectivity index (χ2n) is 9.81. The van der Waals surface area contributed by atoms with Gasteiger partial charge in [-0.25, -0.2) is 0 Å². The lowest BCUT2D eigenvalue weighted by Crippen LogP contribution is -2.70. The number of ether oxygens (including phenoxy) is 5. The molecule has 0 radical (unpaired) electrons. The van der Waals surface area contributed by atoms with Gasteiger partial charge in [0.25, 0.3) is 0 Å². The normalized spacial score (nSPS) is 46.0. The summed E-state index contributed by atoms with van der Waals surface area (Å²) in [4.78, 5) is 23.5. The molecular weight excluding hydrogens is 548 g/mol. The number of hydrogen-bond acceptors (Lipinski definition) is 16. The summed E-state index contributed by atoms with van der Waals surface area (Å²) in [6.07, 6.45) is -21.1. The third kappa shape index (κ3) is 7.05. The van der Waals surface area contributed by atoms with E-state index in [9.17, 15) is 55.5 Å². The van der Waals surface area contributed by atoms with E-state index in [-0.39, 0.29) is 0 Å². The second kappa shape index (κ2) is 14.0. The van der Waals surface area contributed by atoms with E-state index in [1.807, 2.05) is 0 Å². The van der Waals surface area contributed by atoms with Crippen LogP contribution in [0.15, 0.2) is 0 Å². The monoisotopic (exact) mass is 586 g/mol. The van der Waals surface area contributed by atoms with E-state index in [1.165, 1.54) is 0 Å². The topological polar surface area (TPSA) is 286 Å². The lowest BCUT2D eigenvalue weighted by atomic mass is 9.94. The summed E-state index contributed by atoms with van der Waals surface area (Å²) in [5.41, 5.74) is 0. The molecule has 3 aliphatic heterocycles. The third-order valence-electron chi connectivity index (χ3n) is 6.90. The van der Waals surface area contributed by atoms with Gasteiger partial charge in [0.1, 0.15) is 73.1 Å². The van der Waals surface area contributed by atoms with E-state index in [0.717, 1.165) is 13.8 Å². The third-order valence-corrected chi connectivity index (χ3v) is 6.90. The Labute approximate surface area is 228 Å². The molecular formula is C22H38N2O16. The zero-order valence-electron chi connectivity index (χ0n) is 21.7. The summed E-state index contributed by atoms with van der Waals surface area (Å²) in [6, 6.07) is -2.87. The fourth-order valence-corrected chi connectivity index (χ4v) is 4.87. The fourth-order valence-electron chi connectivity index (χ4n) is 4.87. The van der Waals surface area contributed by atoms with Crippen molar-refractivity contribution < 1.29 is 79.2 Å². The van der Waals surface area contributed by atoms with Crippen molar-refractivity contribution >= 4 is 11.8 Å². The van der Waals surface area contributed by atoms with Crippen molar-refractivity contribution in [1.82, 2.24) is 10.6 Å². The molecule has 3 rings (SSSR count). The molecule has 15 atom stereocenters. The van der Waals surface area contributed by atoms with Gasteiger partial charge in [0, 0.05) is 13.8 Å². The van der Waals surface area contributed by atoms with Crippen LogP contribution in [0.5, 0.6) is 0 Å². The Morgan fingerprint density at radius 2 is 1.05 bits per heavy atom. The minimum atomic E-state index is -1.85. The number of carbonyl (C=O) groups is 2. The molecule has 40 heavy (non-hydrogen) atoms. The van der Waals surface area contributed by atoms with Gasteiger partial charge in [-0.1, -0.05) is 0 Å². The van der Waals surface area contributed by atoms with Gasteiger partial charge in [-0.3, -0.25) is 9.59 Å². The average Bonchev–Trinajstić information content (AvgIpc) is 2.90. The first kappa shape index (κ1) is 32.9. The summed E-state index contributed by atoms with van der Waals surface area (Å²) in [6.45, 7) is -0.117. The molecule has 0 saturated carbocycles. The van der Waals surface area contributed by atoms with Crippen LogP contribution >= 0.6 is 0 Å². The zero-order valence-corrected chi connectivity index (χ0v) is 21.7. The highest BCUT2D eigenvalue weighted by Crippen LogP contribution is 2.32. The van der Waals surface area contributed by atoms with Crippen molar-refractivity contribution in [3.05, 3.63) is 0 Å². The van der Waals surface area contributed by atoms with Crippen LogP contribution < -0.4 is 10.6 Å². The molecule has 232 valence electrons. The quantitative estimate of drug-likeness (QED) is 0.120. The SMILES string of the molecule is CC(=O)NC1C(O)OC(CO)C(OC2OC(CO)[C@@H](OC3OC(CO)C(O)[C@H](O)C3O)[C@H](O)C2NC(C)=O)[C@@H]1O. The number of nitrogens with one attached hydrogen (secondary N) is 2. The Bertz CT molecular complexity index is 852. The van der Waals surface area contributed by atoms with E-state index in [0.29, 0.717) is 0 Å². The maximum Gasteiger partial charge on any atom is 0.217 e. The van der Waals surface area contributed by atoms with Crippen LogP contribution in [0.1, 0.15) is 13.8 Å². The first-order valence-corrected chi connectivity index (χ1v) is 12.6. The van der Waals surface area contributed by atoms with Crippen LogP contribution in [0.2, 0.25) is 0 Å². The number of amides is 2. The van der Waals surface area contributed by atoms with Crippen molar-refractivity contribution in [3.8, 4) is 0 Å². The first-order valence-electron chi connectivity index (χ1n) is 12.6. The Hall–Kier alpha value is -1.62. The molecule has 0 spiro atoms. The number of rotatable bonds is 9. The Morgan fingerprint density at radius 1 is 0.600 bits per heavy atom. The highest BCUT2D eigenvalue weighted by Gasteiger charge is 2.54. The standard InChI is InChI=1S/C22H38N2O16/c1-6(28)23-11-14(31)18(9(4-26)36-20(11)35)39-21-12(24-7(2)29)15(32)19(10(5-27)38-21)40-22-17(34)16(33)13(30)8(3-25)37-22/h8-22,25-27,30-35H,3-5H2,1-2H3,(H,23,28)(H,24,29)/t8?,9?,10?,11?,12?,13?,14-,15-,16+,17?,18?,19-,20?,21?,22?/m1/s1. The first-order chi connectivity index (χ1) is 18.8. The lowest BCUT2D eigenvalue weighted by Gasteiger charge is -2.49. The summed E-state index contributed by atoms with van der Waals surface area (Å²) < 4.78 is 27.7. The maximum absolute atomic E-state index is 12.0. The molecule has 0 bridgehead atoms. The van der Waals surface area contributed by atoms with E-state index < -0.39 is 124 Å². The number of carbonyl (C=O) groups excluding carboxylic acids is 2. The van der Waals surface area contributed by atoms with Crippen LogP contribution in [0.3, 0.4) is 0 Å². The minimum absolute atomic E-state index is 0.623. The van der Waals surface area contributed by atoms with E-state index >= 15 is 0 Å². The summed E-state index contributed by atoms with van der Waals surface area (Å²) >= 11 is 0. The summed E-state index contributed by atoms with van der Waals surface area (Å²) in [5.74, 6) is -1.30. The minimum Gasteiger partial charge on any atom is -0.394 e. The molecule has 2 amide bonds. The zero-order chi connectivity index (χ0) is 29.9. The van der Waals surface area contributed by atoms with Gasteiger partial charge >= 0.3 is 0 Å². The molecule has 3 heterocycles. The van der Waals surface area contributed by atoms with Crippen LogP contribution in [0, 0.1) is 0 Å². The molecule has 0 aliphatic carbocycles. The van der Waals surface area contributed by atoms with Crippen molar-refractivity contribution in [2.24, 2.45) is 0 Å². The lowest BCUT2D eigenvalue weighted by molar-refractivity contribution is -0.360. The number of aliphatic hydroxyl groups excluding tert-OH is 9. The molecule has 11 N–H and O–H groups in total. The van der Waals surface area contributed by atoms with E-state index in [2.05, 4.69) is 10.6 Å². The molecule has 11 unspecified atom stereocenters. The van der Waals surface area contributed by atoms with Gasteiger partial charge in [0.15, 0.2) is 18.9 Å². The molecule has 0 aromatic carbocycles. The largest absolute Gasteiger partial charge is 0.394 e. The van der Waals surface area contributed by atoms with Crippen LogP contribution in [-0.2, 0) is 33.3 Å². The molecule has 18 heteroatoms. The summed E-state index contributed by atoms with van der Waals surface area (Å²) in [5, 5.41) is 96.5. The smallest absolute Gasteiger partial charge is 0.217 e. The molecule has 0 aromatic rings. The van der Waals surface area contributed by atoms with Crippen molar-refractivity contribution in [2.45, 2.75) is 106 Å². The molecule has 18 nitrogen and oxygen atoms in total. The highest BCUT2D eigenvalue weighted by molar-refractivity contribution is 5.73. The average molecular weight is 587 g/mol. The summed E-state index contributed by atoms with van der Waals surface area (Å²) in [7, 11) is 0. The fraction of sp³-hybridized carbons (Fsp3) is 0.909. The molecule has 3 fully saturated rings. The van der Waals surface area contributed by atoms with Crippen LogP contribution in [0.25, 0.3) is 0 Å². The van der Waals surface area contributed by atoms with E-state index in [4.69, 9.17) is 23.7 Å². The van der Waals surface area contributed by atoms with Crippen molar-refractivity contribution in [1.29, 1.82) is 0 Å². The molecule has 3 aliphatic rings. The molecule has 3 saturated heterocycles. The predicted molar refractivity (Wildman–Crippen MR) is 124 cm³/mol. The number of aliphatic hydroxyl groups is 9. The van der Waals surface area contributed by atoms with Crippen LogP contribution in [0.4, 0.5) is 0 Å². The van der Waals surface area contributed by atoms with Gasteiger partial charge in [0.05, 0.1) is 19.8 Å². The van der Waals surface area contributed by atoms with Gasteiger partial charge in [-0.15, -0.1) is 0 Å². The van der Waals surface area contributed by atoms with Gasteiger partial charge in [-0.05, 0) is 0 Å². The Kier molecular flexibility index (Phi) is 11.5. The van der Waals surface area contributed by atoms with Gasteiger partial charge in [0.2, 0.25) is 11.8 Å². The van der Waals surface area contributed by atoms with Crippen molar-refractivity contribution in [3.63, 3.8) is 0 Å². The molecule has 0 aromatic heterocycles. The predicted octanol–water partition coefficient (Wildman–Crippen LogP) is -7.29.